The number of nitrogens with one attached hydrogen (secondary N) is 1. The summed E-state index contributed by atoms with van der Waals surface area (Å²) in [6.45, 7) is 0.0821. The molecular formula is C17H17NO4. The summed E-state index contributed by atoms with van der Waals surface area (Å²) in [6.07, 6.45) is 0. The Hall–Kier alpha value is -2.66. The molecule has 2 N–H and O–H groups in total. The fourth-order valence-electron chi connectivity index (χ4n) is 1.93. The summed E-state index contributed by atoms with van der Waals surface area (Å²) in [5.41, 5.74) is 0.902. The second-order valence-corrected chi connectivity index (χ2v) is 4.74. The first-order chi connectivity index (χ1) is 10.6. The van der Waals surface area contributed by atoms with E-state index in [2.05, 4.69) is 5.32 Å². The average molecular weight is 299 g/mol. The largest absolute Gasteiger partial charge is 0.508 e. The van der Waals surface area contributed by atoms with Crippen LogP contribution in [0.15, 0.2) is 48.5 Å². The highest BCUT2D eigenvalue weighted by molar-refractivity contribution is 5.98. The van der Waals surface area contributed by atoms with Gasteiger partial charge in [0.2, 0.25) is 0 Å². The highest BCUT2D eigenvalue weighted by Gasteiger charge is 2.09. The molecule has 0 saturated heterocycles. The fraction of sp³-hybridized carbons (Fsp3) is 0.176. The lowest BCUT2D eigenvalue weighted by atomic mass is 10.1. The Morgan fingerprint density at radius 1 is 1.05 bits per heavy atom. The maximum Gasteiger partial charge on any atom is 0.200 e. The van der Waals surface area contributed by atoms with Gasteiger partial charge in [0.15, 0.2) is 18.2 Å². The van der Waals surface area contributed by atoms with Crippen LogP contribution in [0.25, 0.3) is 0 Å². The number of hydrogen-bond donors (Lipinski definition) is 2. The van der Waals surface area contributed by atoms with Crippen LogP contribution in [0.3, 0.4) is 0 Å². The molecule has 2 aromatic carbocycles. The predicted molar refractivity (Wildman–Crippen MR) is 82.6 cm³/mol. The molecule has 114 valence electrons. The lowest BCUT2D eigenvalue weighted by molar-refractivity contribution is 0.0921. The Morgan fingerprint density at radius 3 is 2.41 bits per heavy atom. The third kappa shape index (κ3) is 4.17. The van der Waals surface area contributed by atoms with Gasteiger partial charge in [-0.3, -0.25) is 9.59 Å². The van der Waals surface area contributed by atoms with Crippen LogP contribution >= 0.6 is 0 Å². The molecule has 2 aromatic rings. The Morgan fingerprint density at radius 2 is 1.73 bits per heavy atom. The molecule has 0 atom stereocenters. The van der Waals surface area contributed by atoms with Gasteiger partial charge < -0.3 is 15.2 Å². The first-order valence-corrected chi connectivity index (χ1v) is 6.83. The van der Waals surface area contributed by atoms with E-state index in [1.807, 2.05) is 0 Å². The standard InChI is InChI=1S/C17H17NO4/c1-18-10-16(20)13-5-3-7-15(9-13)22-11-17(21)12-4-2-6-14(19)8-12/h2-9,18-19H,10-11H2,1H3. The van der Waals surface area contributed by atoms with Gasteiger partial charge in [-0.1, -0.05) is 24.3 Å². The molecule has 0 aliphatic carbocycles. The minimum atomic E-state index is -0.247. The van der Waals surface area contributed by atoms with Crippen molar-refractivity contribution in [3.05, 3.63) is 59.7 Å². The van der Waals surface area contributed by atoms with Crippen LogP contribution in [0.2, 0.25) is 0 Å². The van der Waals surface area contributed by atoms with Crippen molar-refractivity contribution in [3.63, 3.8) is 0 Å². The number of benzene rings is 2. The Kier molecular flexibility index (Phi) is 5.27. The van der Waals surface area contributed by atoms with Gasteiger partial charge in [-0.25, -0.2) is 0 Å². The summed E-state index contributed by atoms with van der Waals surface area (Å²) in [5.74, 6) is 0.191. The first-order valence-electron chi connectivity index (χ1n) is 6.83. The van der Waals surface area contributed by atoms with Crippen molar-refractivity contribution in [2.45, 2.75) is 0 Å². The van der Waals surface area contributed by atoms with Gasteiger partial charge >= 0.3 is 0 Å². The highest BCUT2D eigenvalue weighted by atomic mass is 16.5. The van der Waals surface area contributed by atoms with Gasteiger partial charge in [0.1, 0.15) is 11.5 Å². The number of hydrogen-bond acceptors (Lipinski definition) is 5. The maximum atomic E-state index is 12.0. The molecule has 0 saturated carbocycles. The number of phenolic OH excluding ortho intramolecular Hbond substituents is 1. The predicted octanol–water partition coefficient (Wildman–Crippen LogP) is 2.06. The zero-order valence-electron chi connectivity index (χ0n) is 12.2. The summed E-state index contributed by atoms with van der Waals surface area (Å²) in [7, 11) is 1.70. The topological polar surface area (TPSA) is 75.6 Å². The van der Waals surface area contributed by atoms with E-state index in [9.17, 15) is 14.7 Å². The molecule has 0 aliphatic rings. The third-order valence-electron chi connectivity index (χ3n) is 3.03. The molecule has 5 nitrogen and oxygen atoms in total. The molecule has 0 spiro atoms. The molecule has 2 rings (SSSR count). The van der Waals surface area contributed by atoms with Crippen molar-refractivity contribution in [1.29, 1.82) is 0 Å². The van der Waals surface area contributed by atoms with E-state index < -0.39 is 0 Å². The van der Waals surface area contributed by atoms with Crippen LogP contribution < -0.4 is 10.1 Å². The molecule has 0 radical (unpaired) electrons. The lowest BCUT2D eigenvalue weighted by Crippen LogP contribution is -2.18. The van der Waals surface area contributed by atoms with Gasteiger partial charge in [0.25, 0.3) is 0 Å². The van der Waals surface area contributed by atoms with E-state index >= 15 is 0 Å². The molecule has 0 fully saturated rings. The second kappa shape index (κ2) is 7.38. The normalized spacial score (nSPS) is 10.2. The molecule has 5 heteroatoms. The number of Topliss-reactive ketones (excluding diaryl/α,β-unsaturated/α-hetero) is 2. The van der Waals surface area contributed by atoms with Gasteiger partial charge in [-0.15, -0.1) is 0 Å². The first kappa shape index (κ1) is 15.7. The SMILES string of the molecule is CNCC(=O)c1cccc(OCC(=O)c2cccc(O)c2)c1. The van der Waals surface area contributed by atoms with E-state index in [0.29, 0.717) is 16.9 Å². The van der Waals surface area contributed by atoms with Crippen molar-refractivity contribution < 1.29 is 19.4 Å². The van der Waals surface area contributed by atoms with Crippen LogP contribution in [-0.2, 0) is 0 Å². The zero-order valence-corrected chi connectivity index (χ0v) is 12.2. The maximum absolute atomic E-state index is 12.0. The van der Waals surface area contributed by atoms with E-state index in [1.54, 1.807) is 43.4 Å². The molecule has 0 unspecified atom stereocenters. The number of rotatable bonds is 7. The van der Waals surface area contributed by atoms with Gasteiger partial charge in [0, 0.05) is 11.1 Å². The van der Waals surface area contributed by atoms with Crippen LogP contribution in [0, 0.1) is 0 Å². The summed E-state index contributed by atoms with van der Waals surface area (Å²) in [5, 5.41) is 12.2. The number of aromatic hydroxyl groups is 1. The molecule has 22 heavy (non-hydrogen) atoms. The Balaban J connectivity index is 2.01. The van der Waals surface area contributed by atoms with Crippen LogP contribution in [0.4, 0.5) is 0 Å². The molecule has 0 amide bonds. The van der Waals surface area contributed by atoms with Crippen LogP contribution in [0.5, 0.6) is 11.5 Å². The summed E-state index contributed by atoms with van der Waals surface area (Å²) < 4.78 is 5.43. The number of ether oxygens (including phenoxy) is 1. The third-order valence-corrected chi connectivity index (χ3v) is 3.03. The van der Waals surface area contributed by atoms with Crippen molar-refractivity contribution in [2.75, 3.05) is 20.2 Å². The van der Waals surface area contributed by atoms with Crippen molar-refractivity contribution in [3.8, 4) is 11.5 Å². The minimum Gasteiger partial charge on any atom is -0.508 e. The fourth-order valence-corrected chi connectivity index (χ4v) is 1.93. The van der Waals surface area contributed by atoms with Gasteiger partial charge in [0.05, 0.1) is 6.54 Å². The minimum absolute atomic E-state index is 0.0329. The number of carbonyl (C=O) groups is 2. The monoisotopic (exact) mass is 299 g/mol. The van der Waals surface area contributed by atoms with E-state index in [4.69, 9.17) is 4.74 Å². The second-order valence-electron chi connectivity index (χ2n) is 4.74. The van der Waals surface area contributed by atoms with Crippen LogP contribution in [0.1, 0.15) is 20.7 Å². The zero-order chi connectivity index (χ0) is 15.9. The number of carbonyl (C=O) groups excluding carboxylic acids is 2. The summed E-state index contributed by atoms with van der Waals surface area (Å²) in [4.78, 5) is 23.8. The van der Waals surface area contributed by atoms with Gasteiger partial charge in [-0.05, 0) is 31.3 Å². The number of ketones is 2. The molecule has 0 aliphatic heterocycles. The van der Waals surface area contributed by atoms with Crippen molar-refractivity contribution in [1.82, 2.24) is 5.32 Å². The average Bonchev–Trinajstić information content (AvgIpc) is 2.53. The Labute approximate surface area is 128 Å². The quantitative estimate of drug-likeness (QED) is 0.765. The van der Waals surface area contributed by atoms with Crippen LogP contribution in [-0.4, -0.2) is 36.9 Å². The summed E-state index contributed by atoms with van der Waals surface area (Å²) >= 11 is 0. The Bertz CT molecular complexity index is 682. The highest BCUT2D eigenvalue weighted by Crippen LogP contribution is 2.15. The summed E-state index contributed by atoms with van der Waals surface area (Å²) in [6, 6.07) is 12.8. The van der Waals surface area contributed by atoms with Gasteiger partial charge in [-0.2, -0.15) is 0 Å². The smallest absolute Gasteiger partial charge is 0.200 e. The number of phenols is 1. The van der Waals surface area contributed by atoms with Crippen molar-refractivity contribution in [2.24, 2.45) is 0 Å². The molecule has 0 aromatic heterocycles. The van der Waals surface area contributed by atoms with E-state index in [1.165, 1.54) is 12.1 Å². The molecular weight excluding hydrogens is 282 g/mol. The van der Waals surface area contributed by atoms with E-state index in [0.717, 1.165) is 0 Å². The number of likely N-dealkylation sites (N-methyl/N-ethyl adjacent to an activating group) is 1. The van der Waals surface area contributed by atoms with Crippen molar-refractivity contribution >= 4 is 11.6 Å². The molecule has 0 heterocycles. The van der Waals surface area contributed by atoms with E-state index in [-0.39, 0.29) is 30.5 Å². The lowest BCUT2D eigenvalue weighted by Gasteiger charge is -2.07. The molecule has 0 bridgehead atoms.